The third kappa shape index (κ3) is 4.40. The van der Waals surface area contributed by atoms with Crippen molar-refractivity contribution in [2.24, 2.45) is 16.7 Å². The zero-order valence-electron chi connectivity index (χ0n) is 17.2. The van der Waals surface area contributed by atoms with Crippen molar-refractivity contribution < 1.29 is 41.0 Å². The first-order chi connectivity index (χ1) is 15.1. The molecule has 178 valence electrons. The van der Waals surface area contributed by atoms with E-state index < -0.39 is 51.7 Å². The number of hydrogen-bond acceptors (Lipinski definition) is 3. The van der Waals surface area contributed by atoms with Crippen LogP contribution >= 0.6 is 11.6 Å². The molecule has 0 spiro atoms. The lowest BCUT2D eigenvalue weighted by Gasteiger charge is -2.29. The lowest BCUT2D eigenvalue weighted by Crippen LogP contribution is -2.39. The fraction of sp³-hybridized carbons (Fsp3) is 0.364. The highest BCUT2D eigenvalue weighted by Gasteiger charge is 2.82. The summed E-state index contributed by atoms with van der Waals surface area (Å²) in [6.07, 6.45) is -9.83. The van der Waals surface area contributed by atoms with Crippen molar-refractivity contribution in [3.63, 3.8) is 0 Å². The minimum absolute atomic E-state index is 0.229. The van der Waals surface area contributed by atoms with Crippen molar-refractivity contribution in [2.75, 3.05) is 0 Å². The third-order valence-corrected chi connectivity index (χ3v) is 6.32. The summed E-state index contributed by atoms with van der Waals surface area (Å²) >= 11 is 5.26. The first-order valence-corrected chi connectivity index (χ1v) is 9.95. The molecule has 0 aliphatic heterocycles. The molecule has 1 saturated carbocycles. The predicted molar refractivity (Wildman–Crippen MR) is 107 cm³/mol. The molecule has 1 unspecified atom stereocenters. The molecule has 0 amide bonds. The normalized spacial score (nSPS) is 23.7. The molecule has 3 atom stereocenters. The van der Waals surface area contributed by atoms with Gasteiger partial charge in [-0.3, -0.25) is 4.79 Å². The molecule has 11 heteroatoms. The number of alkyl halides is 6. The number of ether oxygens (including phenoxy) is 1. The second-order valence-electron chi connectivity index (χ2n) is 8.18. The molecule has 1 N–H and O–H groups in total. The molecule has 0 saturated heterocycles. The van der Waals surface area contributed by atoms with Gasteiger partial charge in [-0.15, -0.1) is 0 Å². The summed E-state index contributed by atoms with van der Waals surface area (Å²) in [5.41, 5.74) is -5.08. The third-order valence-electron chi connectivity index (χ3n) is 5.98. The molecule has 1 heterocycles. The van der Waals surface area contributed by atoms with Crippen LogP contribution in [0.3, 0.4) is 0 Å². The molecule has 1 aliphatic rings. The Morgan fingerprint density at radius 3 is 2.21 bits per heavy atom. The van der Waals surface area contributed by atoms with Gasteiger partial charge in [0.25, 0.3) is 0 Å². The van der Waals surface area contributed by atoms with E-state index >= 15 is 0 Å². The number of benzene rings is 1. The van der Waals surface area contributed by atoms with Gasteiger partial charge in [0.1, 0.15) is 16.7 Å². The molecule has 1 aromatic heterocycles. The number of halogens is 7. The van der Waals surface area contributed by atoms with Gasteiger partial charge < -0.3 is 9.84 Å². The van der Waals surface area contributed by atoms with Crippen LogP contribution in [-0.4, -0.2) is 28.4 Å². The van der Waals surface area contributed by atoms with E-state index in [1.165, 1.54) is 24.3 Å². The van der Waals surface area contributed by atoms with Crippen LogP contribution in [0.1, 0.15) is 25.5 Å². The standard InChI is InChI=1S/C22H18ClF6NO3/c1-19(2)14(11-15(23)21(24,25)26)20(19,18(31)32)17(22(27,28)29)13-9-6-10-16(30-13)33-12-7-4-3-5-8-12/h3-11,14,17H,1-2H3,(H,31,32)/t14?,17-,20+/m1/s1. The quantitative estimate of drug-likeness (QED) is 0.443. The number of nitrogens with zero attached hydrogens (tertiary/aromatic N) is 1. The number of hydrogen-bond donors (Lipinski definition) is 1. The highest BCUT2D eigenvalue weighted by molar-refractivity contribution is 6.30. The number of aliphatic carboxylic acids is 1. The van der Waals surface area contributed by atoms with E-state index in [-0.39, 0.29) is 11.6 Å². The zero-order chi connectivity index (χ0) is 24.8. The van der Waals surface area contributed by atoms with Gasteiger partial charge >= 0.3 is 18.3 Å². The number of pyridine rings is 1. The Morgan fingerprint density at radius 2 is 1.70 bits per heavy atom. The molecule has 2 aromatic rings. The minimum atomic E-state index is -5.15. The molecule has 3 rings (SSSR count). The van der Waals surface area contributed by atoms with Gasteiger partial charge in [-0.2, -0.15) is 26.3 Å². The molecular weight excluding hydrogens is 476 g/mol. The van der Waals surface area contributed by atoms with Crippen molar-refractivity contribution in [1.82, 2.24) is 4.98 Å². The van der Waals surface area contributed by atoms with Crippen molar-refractivity contribution >= 4 is 17.6 Å². The summed E-state index contributed by atoms with van der Waals surface area (Å²) in [4.78, 5) is 16.1. The van der Waals surface area contributed by atoms with Crippen molar-refractivity contribution in [3.8, 4) is 11.6 Å². The summed E-state index contributed by atoms with van der Waals surface area (Å²) in [5.74, 6) is -6.24. The average Bonchev–Trinajstić information content (AvgIpc) is 3.16. The highest BCUT2D eigenvalue weighted by atomic mass is 35.5. The lowest BCUT2D eigenvalue weighted by molar-refractivity contribution is -0.184. The van der Waals surface area contributed by atoms with Crippen LogP contribution in [0.15, 0.2) is 59.6 Å². The smallest absolute Gasteiger partial charge is 0.426 e. The largest absolute Gasteiger partial charge is 0.481 e. The summed E-state index contributed by atoms with van der Waals surface area (Å²) in [6, 6.07) is 11.5. The van der Waals surface area contributed by atoms with Crippen LogP contribution < -0.4 is 4.74 Å². The summed E-state index contributed by atoms with van der Waals surface area (Å²) in [6.45, 7) is 2.32. The van der Waals surface area contributed by atoms with Crippen LogP contribution in [0.5, 0.6) is 11.6 Å². The van der Waals surface area contributed by atoms with E-state index in [1.807, 2.05) is 0 Å². The predicted octanol–water partition coefficient (Wildman–Crippen LogP) is 6.93. The van der Waals surface area contributed by atoms with E-state index in [9.17, 15) is 36.2 Å². The van der Waals surface area contributed by atoms with Gasteiger partial charge in [-0.05, 0) is 23.6 Å². The maximum absolute atomic E-state index is 14.3. The van der Waals surface area contributed by atoms with Gasteiger partial charge in [0.2, 0.25) is 5.88 Å². The first-order valence-electron chi connectivity index (χ1n) is 9.58. The maximum atomic E-state index is 14.3. The molecule has 0 bridgehead atoms. The number of carboxylic acids is 1. The van der Waals surface area contributed by atoms with E-state index in [1.54, 1.807) is 18.2 Å². The number of allylic oxidation sites excluding steroid dienone is 2. The van der Waals surface area contributed by atoms with Crippen LogP contribution in [0.4, 0.5) is 26.3 Å². The Kier molecular flexibility index (Phi) is 6.21. The molecule has 1 aromatic carbocycles. The van der Waals surface area contributed by atoms with Crippen LogP contribution in [-0.2, 0) is 4.79 Å². The number of aromatic nitrogens is 1. The number of rotatable bonds is 6. The van der Waals surface area contributed by atoms with Crippen LogP contribution in [0, 0.1) is 16.7 Å². The first kappa shape index (κ1) is 24.9. The topological polar surface area (TPSA) is 59.4 Å². The molecule has 33 heavy (non-hydrogen) atoms. The highest BCUT2D eigenvalue weighted by Crippen LogP contribution is 2.77. The Labute approximate surface area is 189 Å². The molecule has 1 fully saturated rings. The SMILES string of the molecule is CC1(C)C(C=C(Cl)C(F)(F)F)[C@@]1(C(=O)O)[C@@H](c1cccc(Oc2ccccc2)n1)C(F)(F)F. The lowest BCUT2D eigenvalue weighted by atomic mass is 9.79. The van der Waals surface area contributed by atoms with Crippen LogP contribution in [0.25, 0.3) is 0 Å². The number of carboxylic acid groups (broad SMARTS) is 1. The summed E-state index contributed by atoms with van der Waals surface area (Å²) in [7, 11) is 0. The van der Waals surface area contributed by atoms with E-state index in [4.69, 9.17) is 16.3 Å². The second-order valence-corrected chi connectivity index (χ2v) is 8.58. The molecule has 1 aliphatic carbocycles. The van der Waals surface area contributed by atoms with E-state index in [0.717, 1.165) is 19.9 Å². The van der Waals surface area contributed by atoms with Gasteiger partial charge in [0.15, 0.2) is 0 Å². The van der Waals surface area contributed by atoms with Crippen molar-refractivity contribution in [3.05, 3.63) is 65.3 Å². The Balaban J connectivity index is 2.12. The van der Waals surface area contributed by atoms with E-state index in [2.05, 4.69) is 4.98 Å². The average molecular weight is 494 g/mol. The molecule has 0 radical (unpaired) electrons. The van der Waals surface area contributed by atoms with Gasteiger partial charge in [-0.1, -0.05) is 55.8 Å². The number of carbonyl (C=O) groups is 1. The van der Waals surface area contributed by atoms with E-state index in [0.29, 0.717) is 6.08 Å². The monoisotopic (exact) mass is 493 g/mol. The Hall–Kier alpha value is -2.75. The molecule has 4 nitrogen and oxygen atoms in total. The fourth-order valence-corrected chi connectivity index (χ4v) is 4.54. The van der Waals surface area contributed by atoms with Crippen LogP contribution in [0.2, 0.25) is 0 Å². The Morgan fingerprint density at radius 1 is 1.09 bits per heavy atom. The van der Waals surface area contributed by atoms with Crippen molar-refractivity contribution in [1.29, 1.82) is 0 Å². The summed E-state index contributed by atoms with van der Waals surface area (Å²) in [5, 5.41) is 8.23. The Bertz CT molecular complexity index is 1070. The zero-order valence-corrected chi connectivity index (χ0v) is 18.0. The van der Waals surface area contributed by atoms with Crippen molar-refractivity contribution in [2.45, 2.75) is 32.1 Å². The second kappa shape index (κ2) is 8.23. The maximum Gasteiger partial charge on any atom is 0.426 e. The molecular formula is C22H18ClF6NO3. The van der Waals surface area contributed by atoms with Gasteiger partial charge in [0.05, 0.1) is 11.1 Å². The number of para-hydroxylation sites is 1. The van der Waals surface area contributed by atoms with Gasteiger partial charge in [-0.25, -0.2) is 4.98 Å². The minimum Gasteiger partial charge on any atom is -0.481 e. The van der Waals surface area contributed by atoms with Gasteiger partial charge in [0, 0.05) is 12.0 Å². The summed E-state index contributed by atoms with van der Waals surface area (Å²) < 4.78 is 87.3. The fourth-order valence-electron chi connectivity index (χ4n) is 4.42.